The summed E-state index contributed by atoms with van der Waals surface area (Å²) < 4.78 is 18.9. The number of rotatable bonds is 4. The fraction of sp³-hybridized carbons (Fsp3) is 0.294. The summed E-state index contributed by atoms with van der Waals surface area (Å²) in [5.74, 6) is -0.528. The van der Waals surface area contributed by atoms with Crippen molar-refractivity contribution in [3.05, 3.63) is 59.9 Å². The highest BCUT2D eigenvalue weighted by atomic mass is 19.1. The summed E-state index contributed by atoms with van der Waals surface area (Å²) in [6.07, 6.45) is 0. The first kappa shape index (κ1) is 20.2. The zero-order valence-electron chi connectivity index (χ0n) is 13.6. The van der Waals surface area contributed by atoms with Gasteiger partial charge in [-0.25, -0.2) is 4.39 Å². The van der Waals surface area contributed by atoms with Gasteiger partial charge in [0.1, 0.15) is 6.61 Å². The summed E-state index contributed by atoms with van der Waals surface area (Å²) in [5, 5.41) is 17.8. The predicted molar refractivity (Wildman–Crippen MR) is 89.7 cm³/mol. The molecule has 0 saturated carbocycles. The third-order valence-corrected chi connectivity index (χ3v) is 2.49. The molecule has 2 aromatic rings. The van der Waals surface area contributed by atoms with E-state index in [1.807, 2.05) is 58.0 Å². The molecule has 0 spiro atoms. The Morgan fingerprint density at radius 1 is 0.955 bits per heavy atom. The van der Waals surface area contributed by atoms with Crippen LogP contribution in [0.25, 0.3) is 0 Å². The zero-order valence-corrected chi connectivity index (χ0v) is 13.6. The van der Waals surface area contributed by atoms with Crippen molar-refractivity contribution < 1.29 is 19.2 Å². The van der Waals surface area contributed by atoms with Crippen LogP contribution in [0.4, 0.5) is 4.39 Å². The SMILES string of the molecule is CC.CC.OB(O)c1ccc(OCc2ccccc2)c(F)c1. The Kier molecular flexibility index (Phi) is 10.8. The van der Waals surface area contributed by atoms with E-state index in [0.29, 0.717) is 0 Å². The first-order valence-corrected chi connectivity index (χ1v) is 7.49. The Morgan fingerprint density at radius 2 is 1.55 bits per heavy atom. The number of ether oxygens (including phenoxy) is 1. The van der Waals surface area contributed by atoms with E-state index in [2.05, 4.69) is 0 Å². The Labute approximate surface area is 132 Å². The largest absolute Gasteiger partial charge is 0.488 e. The molecule has 0 atom stereocenters. The van der Waals surface area contributed by atoms with Gasteiger partial charge in [-0.2, -0.15) is 0 Å². The van der Waals surface area contributed by atoms with Crippen LogP contribution in [-0.2, 0) is 6.61 Å². The van der Waals surface area contributed by atoms with Gasteiger partial charge in [-0.3, -0.25) is 0 Å². The Bertz CT molecular complexity index is 519. The Balaban J connectivity index is 0.00000102. The zero-order chi connectivity index (χ0) is 17.0. The maximum atomic E-state index is 13.6. The standard InChI is InChI=1S/C13H12BFO3.2C2H6/c15-12-8-11(14(16)17)6-7-13(12)18-9-10-4-2-1-3-5-10;2*1-2/h1-8,16-17H,9H2;2*1-2H3. The summed E-state index contributed by atoms with van der Waals surface area (Å²) in [5.41, 5.74) is 1.03. The van der Waals surface area contributed by atoms with E-state index in [1.165, 1.54) is 12.1 Å². The van der Waals surface area contributed by atoms with Gasteiger partial charge in [-0.05, 0) is 23.2 Å². The average molecular weight is 306 g/mol. The van der Waals surface area contributed by atoms with Crippen LogP contribution >= 0.6 is 0 Å². The van der Waals surface area contributed by atoms with Crippen molar-refractivity contribution in [1.82, 2.24) is 0 Å². The molecule has 0 amide bonds. The van der Waals surface area contributed by atoms with Crippen molar-refractivity contribution in [2.75, 3.05) is 0 Å². The van der Waals surface area contributed by atoms with Crippen molar-refractivity contribution in [1.29, 1.82) is 0 Å². The van der Waals surface area contributed by atoms with Gasteiger partial charge >= 0.3 is 7.12 Å². The van der Waals surface area contributed by atoms with Gasteiger partial charge < -0.3 is 14.8 Å². The maximum Gasteiger partial charge on any atom is 0.488 e. The van der Waals surface area contributed by atoms with E-state index in [4.69, 9.17) is 14.8 Å². The first-order chi connectivity index (χ1) is 10.7. The minimum Gasteiger partial charge on any atom is -0.486 e. The van der Waals surface area contributed by atoms with Crippen LogP contribution in [0, 0.1) is 5.82 Å². The summed E-state index contributed by atoms with van der Waals surface area (Å²) in [4.78, 5) is 0. The second-order valence-corrected chi connectivity index (χ2v) is 3.84. The number of hydrogen-bond acceptors (Lipinski definition) is 3. The summed E-state index contributed by atoms with van der Waals surface area (Å²) in [6.45, 7) is 8.26. The minimum atomic E-state index is -1.68. The molecule has 0 radical (unpaired) electrons. The molecule has 2 aromatic carbocycles. The lowest BCUT2D eigenvalue weighted by Crippen LogP contribution is -2.29. The molecule has 2 rings (SSSR count). The van der Waals surface area contributed by atoms with Crippen molar-refractivity contribution >= 4 is 12.6 Å². The van der Waals surface area contributed by atoms with Gasteiger partial charge in [0.15, 0.2) is 11.6 Å². The maximum absolute atomic E-state index is 13.6. The topological polar surface area (TPSA) is 49.7 Å². The molecule has 0 saturated heterocycles. The highest BCUT2D eigenvalue weighted by Gasteiger charge is 2.13. The molecule has 0 bridgehead atoms. The highest BCUT2D eigenvalue weighted by Crippen LogP contribution is 2.16. The predicted octanol–water partition coefficient (Wildman–Crippen LogP) is 3.14. The van der Waals surface area contributed by atoms with E-state index >= 15 is 0 Å². The van der Waals surface area contributed by atoms with E-state index < -0.39 is 12.9 Å². The number of hydrogen-bond donors (Lipinski definition) is 2. The van der Waals surface area contributed by atoms with Crippen LogP contribution in [-0.4, -0.2) is 17.2 Å². The van der Waals surface area contributed by atoms with Gasteiger partial charge in [0.2, 0.25) is 0 Å². The normalized spacial score (nSPS) is 8.86. The number of benzene rings is 2. The molecule has 0 heterocycles. The molecule has 5 heteroatoms. The van der Waals surface area contributed by atoms with Crippen LogP contribution in [0.5, 0.6) is 5.75 Å². The van der Waals surface area contributed by atoms with Crippen molar-refractivity contribution in [3.63, 3.8) is 0 Å². The van der Waals surface area contributed by atoms with Crippen LogP contribution < -0.4 is 10.2 Å². The molecular weight excluding hydrogens is 282 g/mol. The molecule has 0 aliphatic heterocycles. The summed E-state index contributed by atoms with van der Waals surface area (Å²) in [7, 11) is -1.68. The molecular formula is C17H24BFO3. The minimum absolute atomic E-state index is 0.0863. The van der Waals surface area contributed by atoms with Gasteiger partial charge in [0.05, 0.1) is 0 Å². The molecule has 0 aromatic heterocycles. The van der Waals surface area contributed by atoms with Gasteiger partial charge in [-0.1, -0.05) is 64.1 Å². The molecule has 0 unspecified atom stereocenters. The van der Waals surface area contributed by atoms with Crippen LogP contribution in [0.2, 0.25) is 0 Å². The first-order valence-electron chi connectivity index (χ1n) is 7.49. The molecule has 120 valence electrons. The third-order valence-electron chi connectivity index (χ3n) is 2.49. The molecule has 2 N–H and O–H groups in total. The van der Waals surface area contributed by atoms with Gasteiger partial charge in [0.25, 0.3) is 0 Å². The molecule has 0 aliphatic carbocycles. The summed E-state index contributed by atoms with van der Waals surface area (Å²) >= 11 is 0. The van der Waals surface area contributed by atoms with Crippen LogP contribution in [0.1, 0.15) is 33.3 Å². The average Bonchev–Trinajstić information content (AvgIpc) is 2.58. The van der Waals surface area contributed by atoms with E-state index in [1.54, 1.807) is 0 Å². The Morgan fingerprint density at radius 3 is 2.05 bits per heavy atom. The van der Waals surface area contributed by atoms with Crippen LogP contribution in [0.3, 0.4) is 0 Å². The third kappa shape index (κ3) is 6.74. The molecule has 22 heavy (non-hydrogen) atoms. The smallest absolute Gasteiger partial charge is 0.486 e. The van der Waals surface area contributed by atoms with E-state index in [-0.39, 0.29) is 17.8 Å². The second-order valence-electron chi connectivity index (χ2n) is 3.84. The lowest BCUT2D eigenvalue weighted by molar-refractivity contribution is 0.290. The van der Waals surface area contributed by atoms with Gasteiger partial charge in [-0.15, -0.1) is 0 Å². The monoisotopic (exact) mass is 306 g/mol. The Hall–Kier alpha value is -1.85. The van der Waals surface area contributed by atoms with Crippen molar-refractivity contribution in [2.45, 2.75) is 34.3 Å². The van der Waals surface area contributed by atoms with Crippen molar-refractivity contribution in [3.8, 4) is 5.75 Å². The fourth-order valence-electron chi connectivity index (χ4n) is 1.53. The van der Waals surface area contributed by atoms with E-state index in [0.717, 1.165) is 11.6 Å². The summed E-state index contributed by atoms with van der Waals surface area (Å²) in [6, 6.07) is 13.2. The second kappa shape index (κ2) is 11.8. The quantitative estimate of drug-likeness (QED) is 0.853. The van der Waals surface area contributed by atoms with Crippen molar-refractivity contribution in [2.24, 2.45) is 0 Å². The number of halogens is 1. The van der Waals surface area contributed by atoms with Gasteiger partial charge in [0, 0.05) is 0 Å². The fourth-order valence-corrected chi connectivity index (χ4v) is 1.53. The lowest BCUT2D eigenvalue weighted by Gasteiger charge is -2.08. The van der Waals surface area contributed by atoms with Crippen LogP contribution in [0.15, 0.2) is 48.5 Å². The molecule has 0 aliphatic rings. The van der Waals surface area contributed by atoms with E-state index in [9.17, 15) is 4.39 Å². The lowest BCUT2D eigenvalue weighted by atomic mass is 9.80. The molecule has 0 fully saturated rings. The molecule has 3 nitrogen and oxygen atoms in total. The highest BCUT2D eigenvalue weighted by molar-refractivity contribution is 6.58.